The van der Waals surface area contributed by atoms with Gasteiger partial charge < -0.3 is 4.74 Å². The molecule has 0 fully saturated rings. The summed E-state index contributed by atoms with van der Waals surface area (Å²) < 4.78 is 5.55. The summed E-state index contributed by atoms with van der Waals surface area (Å²) in [5, 5.41) is 3.57. The van der Waals surface area contributed by atoms with Crippen LogP contribution >= 0.6 is 11.3 Å². The summed E-state index contributed by atoms with van der Waals surface area (Å²) in [5.41, 5.74) is 2.57. The molecule has 1 N–H and O–H groups in total. The van der Waals surface area contributed by atoms with Crippen molar-refractivity contribution in [3.8, 4) is 5.75 Å². The molecule has 1 aliphatic carbocycles. The summed E-state index contributed by atoms with van der Waals surface area (Å²) in [6, 6.07) is 7.69. The molecule has 1 heterocycles. The Labute approximate surface area is 153 Å². The molecule has 1 aromatic heterocycles. The predicted molar refractivity (Wildman–Crippen MR) is 102 cm³/mol. The third-order valence-electron chi connectivity index (χ3n) is 4.77. The quantitative estimate of drug-likeness (QED) is 0.867. The van der Waals surface area contributed by atoms with Gasteiger partial charge in [-0.3, -0.25) is 10.1 Å². The summed E-state index contributed by atoms with van der Waals surface area (Å²) in [6.07, 6.45) is 3.26. The number of nitrogens with one attached hydrogen (secondary N) is 1. The van der Waals surface area contributed by atoms with Crippen molar-refractivity contribution in [1.29, 1.82) is 0 Å². The molecule has 0 aliphatic heterocycles. The highest BCUT2D eigenvalue weighted by Crippen LogP contribution is 2.39. The van der Waals surface area contributed by atoms with E-state index in [-0.39, 0.29) is 12.5 Å². The van der Waals surface area contributed by atoms with Gasteiger partial charge in [0.25, 0.3) is 5.91 Å². The second kappa shape index (κ2) is 7.16. The number of ether oxygens (including phenoxy) is 1. The van der Waals surface area contributed by atoms with Crippen molar-refractivity contribution in [2.24, 2.45) is 11.3 Å². The Kier molecular flexibility index (Phi) is 5.13. The summed E-state index contributed by atoms with van der Waals surface area (Å²) in [5.74, 6) is 1.19. The number of aryl methyl sites for hydroxylation is 2. The maximum atomic E-state index is 12.1. The van der Waals surface area contributed by atoms with Crippen molar-refractivity contribution in [3.05, 3.63) is 40.4 Å². The van der Waals surface area contributed by atoms with E-state index in [0.29, 0.717) is 22.2 Å². The second-order valence-corrected chi connectivity index (χ2v) is 8.93. The van der Waals surface area contributed by atoms with Crippen LogP contribution in [0, 0.1) is 18.3 Å². The molecule has 0 saturated carbocycles. The van der Waals surface area contributed by atoms with Crippen molar-refractivity contribution in [2.45, 2.75) is 47.0 Å². The number of fused-ring (bicyclic) bond motifs is 1. The van der Waals surface area contributed by atoms with Crippen LogP contribution in [0.5, 0.6) is 5.75 Å². The zero-order chi connectivity index (χ0) is 18.0. The number of thiazole rings is 1. The fourth-order valence-corrected chi connectivity index (χ4v) is 4.20. The third-order valence-corrected chi connectivity index (χ3v) is 5.84. The highest BCUT2D eigenvalue weighted by molar-refractivity contribution is 7.15. The van der Waals surface area contributed by atoms with Gasteiger partial charge in [0.1, 0.15) is 5.75 Å². The third kappa shape index (κ3) is 4.60. The number of amides is 1. The molecule has 25 heavy (non-hydrogen) atoms. The minimum atomic E-state index is -0.167. The van der Waals surface area contributed by atoms with Crippen LogP contribution in [0.3, 0.4) is 0 Å². The van der Waals surface area contributed by atoms with Crippen LogP contribution in [0.25, 0.3) is 0 Å². The first kappa shape index (κ1) is 17.9. The van der Waals surface area contributed by atoms with Crippen LogP contribution in [-0.2, 0) is 17.6 Å². The molecular weight excluding hydrogens is 332 g/mol. The number of carbonyl (C=O) groups excluding carboxylic acids is 1. The van der Waals surface area contributed by atoms with Crippen LogP contribution < -0.4 is 10.1 Å². The molecule has 4 nitrogen and oxygen atoms in total. The van der Waals surface area contributed by atoms with Gasteiger partial charge in [-0.05, 0) is 55.2 Å². The highest BCUT2D eigenvalue weighted by Gasteiger charge is 2.30. The number of benzene rings is 1. The minimum Gasteiger partial charge on any atom is -0.484 e. The van der Waals surface area contributed by atoms with E-state index >= 15 is 0 Å². The Bertz CT molecular complexity index is 761. The summed E-state index contributed by atoms with van der Waals surface area (Å²) >= 11 is 1.60. The Morgan fingerprint density at radius 2 is 2.20 bits per heavy atom. The molecule has 0 bridgehead atoms. The van der Waals surface area contributed by atoms with Gasteiger partial charge in [-0.2, -0.15) is 0 Å². The monoisotopic (exact) mass is 358 g/mol. The molecule has 0 unspecified atom stereocenters. The predicted octanol–water partition coefficient (Wildman–Crippen LogP) is 4.62. The van der Waals surface area contributed by atoms with E-state index in [1.54, 1.807) is 11.3 Å². The molecule has 134 valence electrons. The van der Waals surface area contributed by atoms with Crippen LogP contribution in [0.1, 0.15) is 43.3 Å². The molecular formula is C20H26N2O2S. The number of hydrogen-bond donors (Lipinski definition) is 1. The van der Waals surface area contributed by atoms with Gasteiger partial charge in [0.15, 0.2) is 11.7 Å². The largest absolute Gasteiger partial charge is 0.484 e. The molecule has 0 spiro atoms. The minimum absolute atomic E-state index is 0.00167. The number of rotatable bonds is 4. The van der Waals surface area contributed by atoms with E-state index in [4.69, 9.17) is 4.74 Å². The Hall–Kier alpha value is -1.88. The van der Waals surface area contributed by atoms with Crippen LogP contribution in [0.15, 0.2) is 24.3 Å². The Morgan fingerprint density at radius 3 is 2.92 bits per heavy atom. The maximum absolute atomic E-state index is 12.1. The standard InChI is InChI=1S/C20H26N2O2S/c1-13-6-5-7-15(10-13)24-12-18(23)22-19-21-16-11-14(20(2,3)4)8-9-17(16)25-19/h5-7,10,14H,8-9,11-12H2,1-4H3,(H,21,22,23)/t14-/m0/s1. The molecule has 1 amide bonds. The molecule has 5 heteroatoms. The normalized spacial score (nSPS) is 17.0. The number of anilines is 1. The molecule has 2 aromatic rings. The average molecular weight is 359 g/mol. The zero-order valence-corrected chi connectivity index (χ0v) is 16.2. The second-order valence-electron chi connectivity index (χ2n) is 7.85. The Morgan fingerprint density at radius 1 is 1.40 bits per heavy atom. The first-order valence-corrected chi connectivity index (χ1v) is 9.61. The van der Waals surface area contributed by atoms with Gasteiger partial charge in [0.2, 0.25) is 0 Å². The number of nitrogens with zero attached hydrogens (tertiary/aromatic N) is 1. The smallest absolute Gasteiger partial charge is 0.264 e. The molecule has 1 atom stereocenters. The number of aromatic nitrogens is 1. The van der Waals surface area contributed by atoms with Crippen molar-refractivity contribution in [1.82, 2.24) is 4.98 Å². The van der Waals surface area contributed by atoms with Crippen molar-refractivity contribution >= 4 is 22.4 Å². The lowest BCUT2D eigenvalue weighted by atomic mass is 9.73. The van der Waals surface area contributed by atoms with Crippen LogP contribution in [-0.4, -0.2) is 17.5 Å². The molecule has 3 rings (SSSR count). The van der Waals surface area contributed by atoms with Crippen molar-refractivity contribution in [2.75, 3.05) is 11.9 Å². The van der Waals surface area contributed by atoms with Gasteiger partial charge in [0.05, 0.1) is 5.69 Å². The van der Waals surface area contributed by atoms with Crippen molar-refractivity contribution < 1.29 is 9.53 Å². The van der Waals surface area contributed by atoms with E-state index in [9.17, 15) is 4.79 Å². The SMILES string of the molecule is Cc1cccc(OCC(=O)Nc2nc3c(s2)CC[C@H](C(C)(C)C)C3)c1. The molecule has 1 aromatic carbocycles. The average Bonchev–Trinajstić information content (AvgIpc) is 2.93. The van der Waals surface area contributed by atoms with E-state index in [2.05, 4.69) is 31.1 Å². The van der Waals surface area contributed by atoms with Gasteiger partial charge in [-0.1, -0.05) is 32.9 Å². The number of hydrogen-bond acceptors (Lipinski definition) is 4. The van der Waals surface area contributed by atoms with E-state index < -0.39 is 0 Å². The van der Waals surface area contributed by atoms with Crippen molar-refractivity contribution in [3.63, 3.8) is 0 Å². The molecule has 0 radical (unpaired) electrons. The van der Waals surface area contributed by atoms with Gasteiger partial charge in [0, 0.05) is 4.88 Å². The van der Waals surface area contributed by atoms with Crippen LogP contribution in [0.2, 0.25) is 0 Å². The fraction of sp³-hybridized carbons (Fsp3) is 0.500. The zero-order valence-electron chi connectivity index (χ0n) is 15.4. The first-order chi connectivity index (χ1) is 11.8. The summed E-state index contributed by atoms with van der Waals surface area (Å²) in [4.78, 5) is 18.1. The van der Waals surface area contributed by atoms with Gasteiger partial charge >= 0.3 is 0 Å². The number of carbonyl (C=O) groups is 1. The van der Waals surface area contributed by atoms with E-state index in [0.717, 1.165) is 24.1 Å². The molecule has 0 saturated heterocycles. The molecule has 1 aliphatic rings. The van der Waals surface area contributed by atoms with Gasteiger partial charge in [-0.25, -0.2) is 4.98 Å². The van der Waals surface area contributed by atoms with Gasteiger partial charge in [-0.15, -0.1) is 11.3 Å². The lowest BCUT2D eigenvalue weighted by Gasteiger charge is -2.33. The van der Waals surface area contributed by atoms with E-state index in [1.165, 1.54) is 11.3 Å². The lowest BCUT2D eigenvalue weighted by molar-refractivity contribution is -0.118. The lowest BCUT2D eigenvalue weighted by Crippen LogP contribution is -2.26. The summed E-state index contributed by atoms with van der Waals surface area (Å²) in [6.45, 7) is 8.87. The topological polar surface area (TPSA) is 51.2 Å². The first-order valence-electron chi connectivity index (χ1n) is 8.79. The highest BCUT2D eigenvalue weighted by atomic mass is 32.1. The Balaban J connectivity index is 1.57. The maximum Gasteiger partial charge on any atom is 0.264 e. The fourth-order valence-electron chi connectivity index (χ4n) is 3.18. The van der Waals surface area contributed by atoms with E-state index in [1.807, 2.05) is 31.2 Å². The summed E-state index contributed by atoms with van der Waals surface area (Å²) in [7, 11) is 0. The van der Waals surface area contributed by atoms with Crippen LogP contribution in [0.4, 0.5) is 5.13 Å².